The normalized spacial score (nSPS) is 19.9. The quantitative estimate of drug-likeness (QED) is 0.579. The first-order valence-corrected chi connectivity index (χ1v) is 12.1. The van der Waals surface area contributed by atoms with Gasteiger partial charge in [0.1, 0.15) is 0 Å². The van der Waals surface area contributed by atoms with Crippen molar-refractivity contribution in [2.45, 2.75) is 19.9 Å². The molecule has 8 nitrogen and oxygen atoms in total. The smallest absolute Gasteiger partial charge is 0.225 e. The highest BCUT2D eigenvalue weighted by atomic mass is 16.5. The number of carbonyl (C=O) groups excluding carboxylic acids is 1. The number of hydrogen-bond acceptors (Lipinski definition) is 7. The molecule has 8 heteroatoms. The molecule has 2 aliphatic heterocycles. The van der Waals surface area contributed by atoms with E-state index in [1.165, 1.54) is 5.56 Å². The summed E-state index contributed by atoms with van der Waals surface area (Å²) in [6.07, 6.45) is 4.61. The van der Waals surface area contributed by atoms with Crippen LogP contribution in [0.5, 0.6) is 0 Å². The van der Waals surface area contributed by atoms with Crippen molar-refractivity contribution in [1.29, 1.82) is 0 Å². The number of amides is 1. The molecule has 0 saturated carbocycles. The van der Waals surface area contributed by atoms with Crippen LogP contribution in [0.3, 0.4) is 0 Å². The Balaban J connectivity index is 1.31. The summed E-state index contributed by atoms with van der Waals surface area (Å²) in [5.41, 5.74) is 3.31. The lowest BCUT2D eigenvalue weighted by Gasteiger charge is -2.27. The van der Waals surface area contributed by atoms with E-state index in [4.69, 9.17) is 9.72 Å². The Hall–Kier alpha value is -3.10. The molecule has 2 aromatic heterocycles. The van der Waals surface area contributed by atoms with Crippen LogP contribution in [0.15, 0.2) is 48.8 Å². The van der Waals surface area contributed by atoms with Crippen molar-refractivity contribution in [2.75, 3.05) is 57.4 Å². The largest absolute Gasteiger partial charge is 0.378 e. The molecule has 0 spiro atoms. The maximum Gasteiger partial charge on any atom is 0.225 e. The monoisotopic (exact) mass is 460 g/mol. The molecule has 2 fully saturated rings. The van der Waals surface area contributed by atoms with Gasteiger partial charge in [-0.05, 0) is 42.2 Å². The van der Waals surface area contributed by atoms with Crippen molar-refractivity contribution in [3.05, 3.63) is 60.0 Å². The van der Waals surface area contributed by atoms with Crippen molar-refractivity contribution in [1.82, 2.24) is 24.8 Å². The molecule has 178 valence electrons. The fraction of sp³-hybridized carbons (Fsp3) is 0.462. The van der Waals surface area contributed by atoms with Crippen LogP contribution < -0.4 is 4.90 Å². The van der Waals surface area contributed by atoms with Gasteiger partial charge < -0.3 is 14.5 Å². The van der Waals surface area contributed by atoms with Gasteiger partial charge >= 0.3 is 0 Å². The van der Waals surface area contributed by atoms with E-state index < -0.39 is 0 Å². The number of rotatable bonds is 5. The molecule has 2 saturated heterocycles. The van der Waals surface area contributed by atoms with Crippen LogP contribution in [-0.4, -0.2) is 83.1 Å². The molecule has 0 N–H and O–H groups in total. The Morgan fingerprint density at radius 3 is 2.76 bits per heavy atom. The summed E-state index contributed by atoms with van der Waals surface area (Å²) in [6.45, 7) is 8.79. The molecule has 1 atom stereocenters. The number of morpholine rings is 1. The van der Waals surface area contributed by atoms with Crippen LogP contribution in [0.25, 0.3) is 10.9 Å². The molecular weight excluding hydrogens is 428 g/mol. The summed E-state index contributed by atoms with van der Waals surface area (Å²) >= 11 is 0. The zero-order valence-electron chi connectivity index (χ0n) is 19.8. The summed E-state index contributed by atoms with van der Waals surface area (Å²) in [5.74, 6) is 1.27. The lowest BCUT2D eigenvalue weighted by atomic mass is 9.97. The minimum absolute atomic E-state index is 0.145. The van der Waals surface area contributed by atoms with Gasteiger partial charge in [0, 0.05) is 70.5 Å². The van der Waals surface area contributed by atoms with Crippen molar-refractivity contribution < 1.29 is 9.53 Å². The molecule has 3 aromatic rings. The summed E-state index contributed by atoms with van der Waals surface area (Å²) in [5, 5.41) is 1.16. The number of fused-ring (bicyclic) bond motifs is 1. The number of nitrogens with zero attached hydrogens (tertiary/aromatic N) is 6. The number of pyridine rings is 1. The molecular formula is C26H32N6O2. The van der Waals surface area contributed by atoms with E-state index in [2.05, 4.69) is 44.0 Å². The topological polar surface area (TPSA) is 74.7 Å². The first kappa shape index (κ1) is 22.7. The highest BCUT2D eigenvalue weighted by Crippen LogP contribution is 2.21. The molecule has 34 heavy (non-hydrogen) atoms. The van der Waals surface area contributed by atoms with E-state index >= 15 is 0 Å². The van der Waals surface area contributed by atoms with Crippen molar-refractivity contribution in [3.8, 4) is 0 Å². The third-order valence-corrected chi connectivity index (χ3v) is 6.70. The Bertz CT molecular complexity index is 1130. The lowest BCUT2D eigenvalue weighted by molar-refractivity contribution is -0.129. The van der Waals surface area contributed by atoms with Gasteiger partial charge in [0.2, 0.25) is 11.9 Å². The van der Waals surface area contributed by atoms with Crippen molar-refractivity contribution in [2.24, 2.45) is 5.92 Å². The second-order valence-corrected chi connectivity index (χ2v) is 9.25. The average molecular weight is 461 g/mol. The lowest BCUT2D eigenvalue weighted by Crippen LogP contribution is -2.37. The number of carbonyl (C=O) groups is 1. The van der Waals surface area contributed by atoms with Gasteiger partial charge in [-0.1, -0.05) is 12.1 Å². The standard InChI is InChI=1S/C26H32N6O2/c1-20(33)32-10-9-30(19-24-6-8-28-26(29-24)31-11-13-34-14-12-31)17-22(18-32)15-21-4-5-25-23(16-21)3-2-7-27-25/h2-8,16,22H,9-15,17-19H2,1H3. The number of anilines is 1. The zero-order chi connectivity index (χ0) is 23.3. The van der Waals surface area contributed by atoms with Crippen molar-refractivity contribution in [3.63, 3.8) is 0 Å². The van der Waals surface area contributed by atoms with Gasteiger partial charge in [-0.2, -0.15) is 0 Å². The predicted molar refractivity (Wildman–Crippen MR) is 132 cm³/mol. The SMILES string of the molecule is CC(=O)N1CCN(Cc2ccnc(N3CCOCC3)n2)CC(Cc2ccc3ncccc3c2)C1. The van der Waals surface area contributed by atoms with E-state index in [9.17, 15) is 4.79 Å². The second kappa shape index (κ2) is 10.4. The van der Waals surface area contributed by atoms with E-state index in [1.807, 2.05) is 29.4 Å². The summed E-state index contributed by atoms with van der Waals surface area (Å²) in [6, 6.07) is 12.6. The van der Waals surface area contributed by atoms with Crippen LogP contribution in [0.1, 0.15) is 18.2 Å². The molecule has 1 amide bonds. The molecule has 1 aromatic carbocycles. The highest BCUT2D eigenvalue weighted by molar-refractivity contribution is 5.79. The molecule has 0 aliphatic carbocycles. The number of benzene rings is 1. The van der Waals surface area contributed by atoms with Crippen LogP contribution in [0, 0.1) is 5.92 Å². The highest BCUT2D eigenvalue weighted by Gasteiger charge is 2.25. The molecule has 2 aliphatic rings. The Morgan fingerprint density at radius 1 is 1.03 bits per heavy atom. The molecule has 5 rings (SSSR count). The fourth-order valence-corrected chi connectivity index (χ4v) is 4.94. The third-order valence-electron chi connectivity index (χ3n) is 6.70. The van der Waals surface area contributed by atoms with Gasteiger partial charge in [0.05, 0.1) is 24.4 Å². The molecule has 4 heterocycles. The van der Waals surface area contributed by atoms with Gasteiger partial charge in [-0.25, -0.2) is 9.97 Å². The summed E-state index contributed by atoms with van der Waals surface area (Å²) in [4.78, 5) is 32.7. The van der Waals surface area contributed by atoms with Crippen LogP contribution in [0.2, 0.25) is 0 Å². The maximum absolute atomic E-state index is 12.3. The Morgan fingerprint density at radius 2 is 1.91 bits per heavy atom. The number of ether oxygens (including phenoxy) is 1. The second-order valence-electron chi connectivity index (χ2n) is 9.25. The van der Waals surface area contributed by atoms with E-state index in [0.717, 1.165) is 74.8 Å². The predicted octanol–water partition coefficient (Wildman–Crippen LogP) is 2.38. The van der Waals surface area contributed by atoms with E-state index in [1.54, 1.807) is 6.92 Å². The van der Waals surface area contributed by atoms with Gasteiger partial charge in [-0.3, -0.25) is 14.7 Å². The minimum atomic E-state index is 0.145. The van der Waals surface area contributed by atoms with Gasteiger partial charge in [0.25, 0.3) is 0 Å². The summed E-state index contributed by atoms with van der Waals surface area (Å²) < 4.78 is 5.46. The molecule has 0 radical (unpaired) electrons. The maximum atomic E-state index is 12.3. The number of aromatic nitrogens is 3. The van der Waals surface area contributed by atoms with E-state index in [-0.39, 0.29) is 5.91 Å². The molecule has 1 unspecified atom stereocenters. The van der Waals surface area contributed by atoms with E-state index in [0.29, 0.717) is 19.1 Å². The van der Waals surface area contributed by atoms with Crippen LogP contribution in [-0.2, 0) is 22.5 Å². The Kier molecular flexibility index (Phi) is 6.97. The third kappa shape index (κ3) is 5.51. The first-order valence-electron chi connectivity index (χ1n) is 12.1. The van der Waals surface area contributed by atoms with Gasteiger partial charge in [-0.15, -0.1) is 0 Å². The average Bonchev–Trinajstić information content (AvgIpc) is 3.07. The number of hydrogen-bond donors (Lipinski definition) is 0. The van der Waals surface area contributed by atoms with Crippen molar-refractivity contribution >= 4 is 22.8 Å². The summed E-state index contributed by atoms with van der Waals surface area (Å²) in [7, 11) is 0. The fourth-order valence-electron chi connectivity index (χ4n) is 4.94. The minimum Gasteiger partial charge on any atom is -0.378 e. The zero-order valence-corrected chi connectivity index (χ0v) is 19.8. The molecule has 0 bridgehead atoms. The van der Waals surface area contributed by atoms with Crippen LogP contribution >= 0.6 is 0 Å². The first-order chi connectivity index (χ1) is 16.6. The Labute approximate surface area is 200 Å². The van der Waals surface area contributed by atoms with Crippen LogP contribution in [0.4, 0.5) is 5.95 Å². The van der Waals surface area contributed by atoms with Gasteiger partial charge in [0.15, 0.2) is 0 Å².